The van der Waals surface area contributed by atoms with Gasteiger partial charge >= 0.3 is 18.0 Å². The van der Waals surface area contributed by atoms with Gasteiger partial charge in [0.2, 0.25) is 18.0 Å². The van der Waals surface area contributed by atoms with E-state index in [-0.39, 0.29) is 84.4 Å². The van der Waals surface area contributed by atoms with E-state index in [1.165, 1.54) is 24.3 Å². The van der Waals surface area contributed by atoms with E-state index in [0.717, 1.165) is 11.6 Å². The van der Waals surface area contributed by atoms with Gasteiger partial charge in [0.25, 0.3) is 0 Å². The molecule has 3 aromatic carbocycles. The molecule has 15 nitrogen and oxygen atoms in total. The number of benzene rings is 3. The zero-order valence-corrected chi connectivity index (χ0v) is 42.1. The monoisotopic (exact) mass is 1020 g/mol. The number of amides is 1. The fourth-order valence-electron chi connectivity index (χ4n) is 13.4. The van der Waals surface area contributed by atoms with Crippen LogP contribution in [0.3, 0.4) is 0 Å². The Balaban J connectivity index is 0.796. The zero-order valence-electron chi connectivity index (χ0n) is 42.1. The molecule has 6 aliphatic rings. The number of aliphatic hydroxyl groups excluding tert-OH is 1. The predicted molar refractivity (Wildman–Crippen MR) is 267 cm³/mol. The molecule has 4 saturated carbocycles. The molecule has 1 saturated heterocycles. The third kappa shape index (κ3) is 8.49. The van der Waals surface area contributed by atoms with Crippen LogP contribution in [0.15, 0.2) is 89.4 Å². The van der Waals surface area contributed by atoms with E-state index in [4.69, 9.17) is 18.9 Å². The van der Waals surface area contributed by atoms with Crippen LogP contribution < -0.4 is 15.1 Å². The van der Waals surface area contributed by atoms with Crippen LogP contribution in [0.4, 0.5) is 19.3 Å². The highest BCUT2D eigenvalue weighted by molar-refractivity contribution is 6.01. The maximum Gasteiger partial charge on any atom is 0.413 e. The van der Waals surface area contributed by atoms with Crippen molar-refractivity contribution >= 4 is 46.2 Å². The summed E-state index contributed by atoms with van der Waals surface area (Å²) in [5.41, 5.74) is -2.00. The van der Waals surface area contributed by atoms with Gasteiger partial charge in [-0.2, -0.15) is 0 Å². The maximum absolute atomic E-state index is 16.6. The molecule has 1 aromatic heterocycles. The van der Waals surface area contributed by atoms with Crippen LogP contribution in [0.5, 0.6) is 5.75 Å². The summed E-state index contributed by atoms with van der Waals surface area (Å²) in [5.74, 6) is -5.13. The molecule has 5 fully saturated rings. The highest BCUT2D eigenvalue weighted by Gasteiger charge is 2.68. The van der Waals surface area contributed by atoms with E-state index in [1.54, 1.807) is 71.9 Å². The molecule has 1 amide bonds. The number of nitrogens with zero attached hydrogens (tertiary/aromatic N) is 3. The molecule has 74 heavy (non-hydrogen) atoms. The lowest BCUT2D eigenvalue weighted by Crippen LogP contribution is -2.61. The molecule has 1 aliphatic heterocycles. The molecule has 2 N–H and O–H groups in total. The van der Waals surface area contributed by atoms with E-state index in [1.807, 2.05) is 26.0 Å². The van der Waals surface area contributed by atoms with E-state index in [2.05, 4.69) is 0 Å². The third-order valence-corrected chi connectivity index (χ3v) is 17.5. The normalized spacial score (nSPS) is 28.6. The molecule has 0 radical (unpaired) electrons. The zero-order chi connectivity index (χ0) is 52.6. The number of allylic oxidation sites excluding steroid dienone is 4. The SMILES string of the molecule is COc1c(N2CCN(C(=O)OCOC(=O)C(C)c3ccc(-c4ccccc4)c(F)c3)C(C)C2)c(F)cc2c(=O)c(C(=O)OCC(=O)[C@]3(O)CC[C@@H]4[C@H]5CCC6=CC(=O)C=C[C@@]6(C)C5[C@H](O)C[C@]43C)cn(C3CC3)c12. The smallest absolute Gasteiger partial charge is 0.413 e. The number of halogens is 2. The van der Waals surface area contributed by atoms with Crippen LogP contribution in [0.1, 0.15) is 101 Å². The first-order valence-corrected chi connectivity index (χ1v) is 25.5. The Morgan fingerprint density at radius 2 is 1.69 bits per heavy atom. The van der Waals surface area contributed by atoms with Gasteiger partial charge in [-0.15, -0.1) is 0 Å². The summed E-state index contributed by atoms with van der Waals surface area (Å²) in [4.78, 5) is 83.8. The second-order valence-corrected chi connectivity index (χ2v) is 21.6. The van der Waals surface area contributed by atoms with Crippen LogP contribution in [-0.2, 0) is 28.6 Å². The lowest BCUT2D eigenvalue weighted by atomic mass is 9.46. The Hall–Kier alpha value is -6.72. The fourth-order valence-corrected chi connectivity index (χ4v) is 13.4. The number of methoxy groups -OCH3 is 1. The number of pyridine rings is 1. The Morgan fingerprint density at radius 3 is 2.39 bits per heavy atom. The van der Waals surface area contributed by atoms with Gasteiger partial charge < -0.3 is 43.5 Å². The summed E-state index contributed by atoms with van der Waals surface area (Å²) in [6, 6.07) is 13.9. The maximum atomic E-state index is 16.6. The van der Waals surface area contributed by atoms with E-state index in [0.29, 0.717) is 48.8 Å². The average molecular weight is 1020 g/mol. The molecule has 17 heteroatoms. The summed E-state index contributed by atoms with van der Waals surface area (Å²) in [6.45, 7) is 5.96. The predicted octanol–water partition coefficient (Wildman–Crippen LogP) is 7.98. The van der Waals surface area contributed by atoms with Gasteiger partial charge in [-0.3, -0.25) is 19.2 Å². The number of rotatable bonds is 12. The third-order valence-electron chi connectivity index (χ3n) is 17.5. The molecule has 4 aromatic rings. The number of Topliss-reactive ketones (excluding diaryl/α,β-unsaturated/α-hetero) is 1. The molecule has 2 heterocycles. The highest BCUT2D eigenvalue weighted by atomic mass is 19.1. The number of hydrogen-bond acceptors (Lipinski definition) is 13. The number of esters is 2. The molecule has 390 valence electrons. The molecule has 0 bridgehead atoms. The number of fused-ring (bicyclic) bond motifs is 6. The van der Waals surface area contributed by atoms with Crippen molar-refractivity contribution < 1.29 is 61.9 Å². The topological polar surface area (TPSA) is 191 Å². The summed E-state index contributed by atoms with van der Waals surface area (Å²) in [5, 5.41) is 23.9. The Bertz CT molecular complexity index is 3100. The first-order chi connectivity index (χ1) is 35.3. The van der Waals surface area contributed by atoms with Crippen molar-refractivity contribution in [2.75, 3.05) is 45.0 Å². The van der Waals surface area contributed by atoms with Crippen LogP contribution >= 0.6 is 0 Å². The van der Waals surface area contributed by atoms with Crippen molar-refractivity contribution in [1.29, 1.82) is 0 Å². The number of piperazine rings is 1. The Kier molecular flexibility index (Phi) is 13.2. The first-order valence-electron chi connectivity index (χ1n) is 25.5. The largest absolute Gasteiger partial charge is 0.492 e. The molecular weight excluding hydrogens is 957 g/mol. The number of anilines is 1. The first kappa shape index (κ1) is 50.8. The number of carbonyl (C=O) groups is 5. The number of aliphatic hydroxyl groups is 2. The van der Waals surface area contributed by atoms with Gasteiger partial charge in [-0.1, -0.05) is 68.0 Å². The van der Waals surface area contributed by atoms with Gasteiger partial charge in [0.1, 0.15) is 22.7 Å². The lowest BCUT2D eigenvalue weighted by molar-refractivity contribution is -0.178. The molecule has 0 spiro atoms. The van der Waals surface area contributed by atoms with Gasteiger partial charge in [0.05, 0.1) is 30.0 Å². The Labute approximate surface area is 426 Å². The van der Waals surface area contributed by atoms with Crippen LogP contribution in [0.25, 0.3) is 22.0 Å². The summed E-state index contributed by atoms with van der Waals surface area (Å²) >= 11 is 0. The quantitative estimate of drug-likeness (QED) is 0.103. The number of aromatic nitrogens is 1. The Morgan fingerprint density at radius 1 is 0.932 bits per heavy atom. The minimum absolute atomic E-state index is 0.0340. The van der Waals surface area contributed by atoms with E-state index in [9.17, 15) is 39.0 Å². The van der Waals surface area contributed by atoms with E-state index < -0.39 is 94.3 Å². The van der Waals surface area contributed by atoms with Crippen molar-refractivity contribution in [1.82, 2.24) is 9.47 Å². The van der Waals surface area contributed by atoms with Crippen molar-refractivity contribution in [3.63, 3.8) is 0 Å². The molecule has 10 rings (SSSR count). The molecular formula is C57H61F2N3O12. The number of ketones is 2. The number of ether oxygens (including phenoxy) is 4. The van der Waals surface area contributed by atoms with Crippen LogP contribution in [-0.4, -0.2) is 107 Å². The summed E-state index contributed by atoms with van der Waals surface area (Å²) in [7, 11) is 1.35. The minimum Gasteiger partial charge on any atom is -0.492 e. The standard InChI is InChI=1S/C57H61F2N3O12/c1-31-27-60(21-22-61(31)54(69)74-30-73-52(67)32(2)34-11-15-38(43(58)23-34)33-9-7-6-8-10-33)49-44(59)25-40-48(51(49)71-5)62(36-13-14-36)28-41(50(40)66)53(68)72-29-46(65)57(70)20-18-42-39-16-12-35-24-37(63)17-19-55(35,3)47(39)45(64)26-56(42,57)4/h6-11,15,17,19,23-25,28,31-32,36,39,42,45,47,64,70H,12-14,16,18,20-22,26-27,29-30H2,1-5H3/t31?,32?,39-,42-,45-,47?,55-,56-,57-/m1/s1. The lowest BCUT2D eigenvalue weighted by Gasteiger charge is -2.59. The van der Waals surface area contributed by atoms with Gasteiger partial charge in [0, 0.05) is 60.2 Å². The summed E-state index contributed by atoms with van der Waals surface area (Å²) < 4.78 is 55.3. The molecule has 3 unspecified atom stereocenters. The second kappa shape index (κ2) is 19.2. The van der Waals surface area contributed by atoms with Gasteiger partial charge in [-0.05, 0) is 106 Å². The highest BCUT2D eigenvalue weighted by Crippen LogP contribution is 2.67. The average Bonchev–Trinajstić information content (AvgIpc) is 4.21. The van der Waals surface area contributed by atoms with Crippen LogP contribution in [0.2, 0.25) is 0 Å². The molecule has 5 aliphatic carbocycles. The van der Waals surface area contributed by atoms with E-state index >= 15 is 8.78 Å². The molecule has 9 atom stereocenters. The van der Waals surface area contributed by atoms with Crippen molar-refractivity contribution in [2.24, 2.45) is 28.6 Å². The van der Waals surface area contributed by atoms with Crippen molar-refractivity contribution in [3.8, 4) is 16.9 Å². The second-order valence-electron chi connectivity index (χ2n) is 21.6. The number of carbonyl (C=O) groups excluding carboxylic acids is 5. The van der Waals surface area contributed by atoms with Crippen molar-refractivity contribution in [2.45, 2.75) is 102 Å². The van der Waals surface area contributed by atoms with Gasteiger partial charge in [0.15, 0.2) is 24.0 Å². The van der Waals surface area contributed by atoms with Gasteiger partial charge in [-0.25, -0.2) is 18.4 Å². The fraction of sp³-hybridized carbons (Fsp3) is 0.474. The minimum atomic E-state index is -1.93. The summed E-state index contributed by atoms with van der Waals surface area (Å²) in [6.07, 6.45) is 8.30. The van der Waals surface area contributed by atoms with Crippen LogP contribution in [0, 0.1) is 40.2 Å². The number of hydrogen-bond donors (Lipinski definition) is 2. The van der Waals surface area contributed by atoms with Crippen molar-refractivity contribution in [3.05, 3.63) is 118 Å².